The molecule has 8 nitrogen and oxygen atoms in total. The summed E-state index contributed by atoms with van der Waals surface area (Å²) in [5.41, 5.74) is 12.7. The number of anilines is 2. The van der Waals surface area contributed by atoms with Crippen LogP contribution in [0.1, 0.15) is 75.3 Å². The number of aryl methyl sites for hydroxylation is 6. The van der Waals surface area contributed by atoms with Crippen molar-refractivity contribution >= 4 is 28.8 Å². The second kappa shape index (κ2) is 19.1. The van der Waals surface area contributed by atoms with E-state index in [9.17, 15) is 4.79 Å². The molecule has 0 amide bonds. The summed E-state index contributed by atoms with van der Waals surface area (Å²) in [7, 11) is 6.33. The van der Waals surface area contributed by atoms with Crippen molar-refractivity contribution in [3.8, 4) is 22.3 Å². The Balaban J connectivity index is 0.978. The van der Waals surface area contributed by atoms with Crippen LogP contribution >= 0.6 is 0 Å². The van der Waals surface area contributed by atoms with Crippen LogP contribution in [0.5, 0.6) is 0 Å². The van der Waals surface area contributed by atoms with E-state index in [0.717, 1.165) is 77.4 Å². The van der Waals surface area contributed by atoms with Crippen molar-refractivity contribution in [1.82, 2.24) is 4.48 Å². The highest BCUT2D eigenvalue weighted by molar-refractivity contribution is 5.91. The van der Waals surface area contributed by atoms with Crippen molar-refractivity contribution in [3.63, 3.8) is 0 Å². The number of benzene rings is 2. The summed E-state index contributed by atoms with van der Waals surface area (Å²) < 4.78 is 9.33. The zero-order chi connectivity index (χ0) is 41.3. The molecule has 1 atom stereocenters. The van der Waals surface area contributed by atoms with Gasteiger partial charge in [0.1, 0.15) is 38.6 Å². The molecule has 1 saturated heterocycles. The van der Waals surface area contributed by atoms with Crippen LogP contribution in [0.15, 0.2) is 139 Å². The largest absolute Gasteiger partial charge is 0.335 e. The lowest BCUT2D eigenvalue weighted by Crippen LogP contribution is -2.55. The van der Waals surface area contributed by atoms with E-state index in [1.807, 2.05) is 20.2 Å². The fourth-order valence-electron chi connectivity index (χ4n) is 9.53. The molecule has 0 aliphatic carbocycles. The number of carbonyl (C=O) groups excluding carboxylic acids is 1. The number of rotatable bonds is 13. The SMILES string of the molecule is CN1c2cc(CCCC[n+]3ccc(-c4cc[n+](C)cc4)cc3)ccc2[N+]2(CCCCCCCC2N=C=O)c2ccc(CCCC[n+]3ccc(-c4cc[n+](C)cc4)cc3)cc21. The average molecular weight is 801 g/mol. The summed E-state index contributed by atoms with van der Waals surface area (Å²) in [5.74, 6) is 0. The Bertz CT molecular complexity index is 2250. The predicted octanol–water partition coefficient (Wildman–Crippen LogP) is 9.03. The Hall–Kier alpha value is -5.82. The Morgan fingerprint density at radius 2 is 1.02 bits per heavy atom. The lowest BCUT2D eigenvalue weighted by Gasteiger charge is -2.48. The molecule has 2 aliphatic rings. The van der Waals surface area contributed by atoms with Crippen LogP contribution in [0, 0.1) is 0 Å². The third-order valence-corrected chi connectivity index (χ3v) is 13.0. The molecule has 6 heterocycles. The van der Waals surface area contributed by atoms with E-state index in [1.54, 1.807) is 0 Å². The van der Waals surface area contributed by atoms with E-state index in [1.165, 1.54) is 75.4 Å². The van der Waals surface area contributed by atoms with E-state index in [2.05, 4.69) is 170 Å². The highest BCUT2D eigenvalue weighted by Gasteiger charge is 2.48. The van der Waals surface area contributed by atoms with Gasteiger partial charge in [-0.05, 0) is 90.5 Å². The first-order valence-corrected chi connectivity index (χ1v) is 22.3. The van der Waals surface area contributed by atoms with E-state index >= 15 is 0 Å². The summed E-state index contributed by atoms with van der Waals surface area (Å²) in [5, 5.41) is 0. The van der Waals surface area contributed by atoms with Gasteiger partial charge in [-0.3, -0.25) is 0 Å². The number of pyridine rings is 4. The molecular weight excluding hydrogens is 739 g/mol. The maximum atomic E-state index is 12.1. The zero-order valence-electron chi connectivity index (χ0n) is 35.9. The van der Waals surface area contributed by atoms with Crippen LogP contribution in [0.25, 0.3) is 22.3 Å². The Kier molecular flexibility index (Phi) is 13.0. The number of fused-ring (bicyclic) bond motifs is 4. The Labute approximate surface area is 357 Å². The van der Waals surface area contributed by atoms with Crippen LogP contribution in [0.3, 0.4) is 0 Å². The molecule has 0 N–H and O–H groups in total. The van der Waals surface area contributed by atoms with Crippen LogP contribution in [-0.2, 0) is 44.8 Å². The molecule has 0 bridgehead atoms. The molecule has 6 aromatic rings. The van der Waals surface area contributed by atoms with Gasteiger partial charge in [0, 0.05) is 87.0 Å². The number of hydrogen-bond acceptors (Lipinski definition) is 3. The molecule has 1 unspecified atom stereocenters. The van der Waals surface area contributed by atoms with Crippen molar-refractivity contribution in [2.45, 2.75) is 96.3 Å². The minimum absolute atomic E-state index is 0.190. The molecule has 8 heteroatoms. The molecule has 1 spiro atoms. The monoisotopic (exact) mass is 800 g/mol. The standard InChI is InChI=1S/C52H62N7O/c1-54-30-20-44(21-31-54)46-24-34-57(35-25-46)28-10-8-13-42-16-18-50-48(39-42)56(3)49-40-43(17-19-51(49)59(50)38-12-6-4-5-7-15-52(59)53-41-60)14-9-11-29-58-36-26-47(27-37-58)45-22-32-55(2)33-23-45/h16-27,30-37,39-40,52H,4-15,28-29,38H2,1-3H3/q+5. The molecule has 4 aromatic heterocycles. The molecule has 306 valence electrons. The summed E-state index contributed by atoms with van der Waals surface area (Å²) in [6, 6.07) is 31.8. The van der Waals surface area contributed by atoms with Crippen molar-refractivity contribution < 1.29 is 23.1 Å². The van der Waals surface area contributed by atoms with Gasteiger partial charge >= 0.3 is 0 Å². The maximum Gasteiger partial charge on any atom is 0.240 e. The quantitative estimate of drug-likeness (QED) is 0.0385. The van der Waals surface area contributed by atoms with Crippen LogP contribution < -0.4 is 27.7 Å². The maximum absolute atomic E-state index is 12.1. The Morgan fingerprint density at radius 1 is 0.583 bits per heavy atom. The summed E-state index contributed by atoms with van der Waals surface area (Å²) in [6.07, 6.45) is 32.2. The third kappa shape index (κ3) is 9.16. The van der Waals surface area contributed by atoms with Gasteiger partial charge in [0.25, 0.3) is 0 Å². The second-order valence-electron chi connectivity index (χ2n) is 17.1. The zero-order valence-corrected chi connectivity index (χ0v) is 35.9. The molecule has 2 aliphatic heterocycles. The normalized spacial score (nSPS) is 15.9. The van der Waals surface area contributed by atoms with Gasteiger partial charge in [-0.1, -0.05) is 25.0 Å². The molecule has 0 radical (unpaired) electrons. The fraction of sp³-hybridized carbons (Fsp3) is 0.365. The van der Waals surface area contributed by atoms with Crippen LogP contribution in [0.2, 0.25) is 0 Å². The van der Waals surface area contributed by atoms with Crippen molar-refractivity contribution in [3.05, 3.63) is 146 Å². The molecule has 8 rings (SSSR count). The number of quaternary nitrogens is 1. The van der Waals surface area contributed by atoms with Crippen molar-refractivity contribution in [2.75, 3.05) is 18.5 Å². The number of unbranched alkanes of at least 4 members (excludes halogenated alkanes) is 2. The number of hydrogen-bond donors (Lipinski definition) is 0. The summed E-state index contributed by atoms with van der Waals surface area (Å²) in [4.78, 5) is 19.2. The minimum Gasteiger partial charge on any atom is -0.335 e. The smallest absolute Gasteiger partial charge is 0.240 e. The van der Waals surface area contributed by atoms with Gasteiger partial charge in [-0.25, -0.2) is 27.5 Å². The van der Waals surface area contributed by atoms with Gasteiger partial charge in [-0.2, -0.15) is 0 Å². The fourth-order valence-corrected chi connectivity index (χ4v) is 9.53. The molecule has 1 fully saturated rings. The second-order valence-corrected chi connectivity index (χ2v) is 17.1. The number of aliphatic imine (C=N–C) groups is 1. The third-order valence-electron chi connectivity index (χ3n) is 13.0. The van der Waals surface area contributed by atoms with E-state index in [4.69, 9.17) is 0 Å². The van der Waals surface area contributed by atoms with E-state index in [0.29, 0.717) is 4.48 Å². The van der Waals surface area contributed by atoms with E-state index in [-0.39, 0.29) is 6.17 Å². The molecule has 0 saturated carbocycles. The summed E-state index contributed by atoms with van der Waals surface area (Å²) >= 11 is 0. The van der Waals surface area contributed by atoms with Gasteiger partial charge < -0.3 is 4.90 Å². The lowest BCUT2D eigenvalue weighted by molar-refractivity contribution is -0.697. The molecule has 60 heavy (non-hydrogen) atoms. The highest BCUT2D eigenvalue weighted by atomic mass is 16.1. The van der Waals surface area contributed by atoms with Crippen LogP contribution in [0.4, 0.5) is 22.7 Å². The lowest BCUT2D eigenvalue weighted by atomic mass is 9.96. The van der Waals surface area contributed by atoms with Gasteiger partial charge in [0.15, 0.2) is 60.9 Å². The topological polar surface area (TPSA) is 48.2 Å². The van der Waals surface area contributed by atoms with Gasteiger partial charge in [0.2, 0.25) is 12.2 Å². The minimum atomic E-state index is -0.190. The molecular formula is C52H62N7O+5. The molecule has 2 aromatic carbocycles. The first kappa shape index (κ1) is 40.9. The number of nitrogens with zero attached hydrogens (tertiary/aromatic N) is 7. The Morgan fingerprint density at radius 3 is 1.48 bits per heavy atom. The predicted molar refractivity (Wildman–Crippen MR) is 239 cm³/mol. The first-order valence-electron chi connectivity index (χ1n) is 22.3. The summed E-state index contributed by atoms with van der Waals surface area (Å²) in [6.45, 7) is 2.92. The van der Waals surface area contributed by atoms with Crippen molar-refractivity contribution in [1.29, 1.82) is 0 Å². The number of aromatic nitrogens is 4. The van der Waals surface area contributed by atoms with Gasteiger partial charge in [0.05, 0.1) is 6.54 Å². The highest BCUT2D eigenvalue weighted by Crippen LogP contribution is 2.55. The van der Waals surface area contributed by atoms with Gasteiger partial charge in [-0.15, -0.1) is 4.99 Å². The average Bonchev–Trinajstić information content (AvgIpc) is 3.38. The van der Waals surface area contributed by atoms with Crippen molar-refractivity contribution in [2.24, 2.45) is 19.1 Å². The van der Waals surface area contributed by atoms with E-state index < -0.39 is 0 Å². The first-order chi connectivity index (χ1) is 29.4. The number of isocyanates is 1. The van der Waals surface area contributed by atoms with Crippen LogP contribution in [-0.4, -0.2) is 25.8 Å².